The highest BCUT2D eigenvalue weighted by atomic mass is 32.2. The first-order chi connectivity index (χ1) is 18.7. The molecule has 1 heterocycles. The van der Waals surface area contributed by atoms with Crippen LogP contribution < -0.4 is 4.74 Å². The lowest BCUT2D eigenvalue weighted by Gasteiger charge is -2.35. The number of fused-ring (bicyclic) bond motifs is 2. The molecule has 1 N–H and O–H groups in total. The number of rotatable bonds is 9. The summed E-state index contributed by atoms with van der Waals surface area (Å²) in [5.74, 6) is 0.655. The Morgan fingerprint density at radius 3 is 2.36 bits per heavy atom. The molecule has 3 fully saturated rings. The third-order valence-corrected chi connectivity index (χ3v) is 9.53. The number of thioether (sulfide) groups is 1. The highest BCUT2D eigenvalue weighted by molar-refractivity contribution is 8.00. The van der Waals surface area contributed by atoms with Crippen LogP contribution in [0.15, 0.2) is 57.9 Å². The van der Waals surface area contributed by atoms with Crippen LogP contribution in [-0.4, -0.2) is 33.9 Å². The number of alkyl halides is 3. The topological polar surface area (TPSA) is 81.8 Å². The Labute approximate surface area is 227 Å². The van der Waals surface area contributed by atoms with Crippen molar-refractivity contribution < 1.29 is 37.1 Å². The van der Waals surface area contributed by atoms with Gasteiger partial charge in [0.2, 0.25) is 0 Å². The van der Waals surface area contributed by atoms with E-state index in [0.717, 1.165) is 43.4 Å². The van der Waals surface area contributed by atoms with Crippen molar-refractivity contribution in [2.75, 3.05) is 0 Å². The zero-order valence-corrected chi connectivity index (χ0v) is 21.8. The van der Waals surface area contributed by atoms with Crippen LogP contribution >= 0.6 is 11.8 Å². The van der Waals surface area contributed by atoms with Crippen molar-refractivity contribution in [3.8, 4) is 17.0 Å². The average molecular weight is 560 g/mol. The molecule has 0 saturated heterocycles. The predicted molar refractivity (Wildman–Crippen MR) is 138 cm³/mol. The molecule has 6 nitrogen and oxygen atoms in total. The van der Waals surface area contributed by atoms with E-state index in [2.05, 4.69) is 9.89 Å². The molecular weight excluding hydrogens is 531 g/mol. The van der Waals surface area contributed by atoms with Crippen LogP contribution in [0.1, 0.15) is 66.1 Å². The SMILES string of the molecule is O=C(O)c1ccc(SC2C3CCC2CC(OCc2c(-c4ccccc4OC(F)(F)F)noc2C2CC2)C3)cc1. The molecule has 0 spiro atoms. The summed E-state index contributed by atoms with van der Waals surface area (Å²) in [6.07, 6.45) is 1.23. The van der Waals surface area contributed by atoms with Crippen LogP contribution in [0.5, 0.6) is 5.75 Å². The molecule has 2 atom stereocenters. The molecule has 6 rings (SSSR count). The van der Waals surface area contributed by atoms with Crippen LogP contribution in [0.4, 0.5) is 13.2 Å². The number of carboxylic acid groups (broad SMARTS) is 1. The number of carboxylic acids is 1. The fourth-order valence-electron chi connectivity index (χ4n) is 6.00. The van der Waals surface area contributed by atoms with Crippen molar-refractivity contribution in [1.82, 2.24) is 5.16 Å². The number of nitrogens with zero attached hydrogens (tertiary/aromatic N) is 1. The zero-order valence-electron chi connectivity index (χ0n) is 21.0. The first-order valence-corrected chi connectivity index (χ1v) is 14.1. The summed E-state index contributed by atoms with van der Waals surface area (Å²) in [4.78, 5) is 12.2. The van der Waals surface area contributed by atoms with Gasteiger partial charge in [-0.1, -0.05) is 17.3 Å². The van der Waals surface area contributed by atoms with Gasteiger partial charge >= 0.3 is 12.3 Å². The largest absolute Gasteiger partial charge is 0.573 e. The molecule has 1 aromatic heterocycles. The van der Waals surface area contributed by atoms with Crippen molar-refractivity contribution in [3.05, 3.63) is 65.4 Å². The summed E-state index contributed by atoms with van der Waals surface area (Å²) >= 11 is 1.82. The van der Waals surface area contributed by atoms with E-state index in [1.54, 1.807) is 24.3 Å². The summed E-state index contributed by atoms with van der Waals surface area (Å²) in [5, 5.41) is 13.8. The standard InChI is InChI=1S/C29H28F3NO5S/c30-29(31,32)37-24-4-2-1-3-22(24)25-23(26(38-33-25)16-5-6-16)15-36-20-13-18-7-8-19(14-20)27(18)39-21-11-9-17(10-12-21)28(34)35/h1-4,9-12,16,18-20,27H,5-8,13-15H2,(H,34,35). The van der Waals surface area contributed by atoms with Gasteiger partial charge in [0.1, 0.15) is 17.2 Å². The van der Waals surface area contributed by atoms with Crippen LogP contribution in [0.25, 0.3) is 11.3 Å². The maximum atomic E-state index is 13.1. The van der Waals surface area contributed by atoms with Gasteiger partial charge in [0.15, 0.2) is 0 Å². The number of halogens is 3. The molecule has 3 aliphatic rings. The molecule has 10 heteroatoms. The van der Waals surface area contributed by atoms with E-state index < -0.39 is 12.3 Å². The monoisotopic (exact) mass is 559 g/mol. The van der Waals surface area contributed by atoms with E-state index in [1.807, 2.05) is 23.9 Å². The highest BCUT2D eigenvalue weighted by Gasteiger charge is 2.44. The summed E-state index contributed by atoms with van der Waals surface area (Å²) in [6, 6.07) is 13.0. The third-order valence-electron chi connectivity index (χ3n) is 7.94. The van der Waals surface area contributed by atoms with Gasteiger partial charge in [0, 0.05) is 27.2 Å². The second kappa shape index (κ2) is 10.5. The molecule has 3 aliphatic carbocycles. The van der Waals surface area contributed by atoms with Gasteiger partial charge in [-0.3, -0.25) is 0 Å². The van der Waals surface area contributed by atoms with Gasteiger partial charge in [-0.2, -0.15) is 0 Å². The van der Waals surface area contributed by atoms with E-state index in [1.165, 1.54) is 12.1 Å². The molecule has 206 valence electrons. The molecule has 2 aromatic carbocycles. The summed E-state index contributed by atoms with van der Waals surface area (Å²) in [7, 11) is 0. The minimum absolute atomic E-state index is 0.0465. The molecule has 0 amide bonds. The second-order valence-corrected chi connectivity index (χ2v) is 11.9. The van der Waals surface area contributed by atoms with E-state index in [-0.39, 0.29) is 35.5 Å². The normalized spacial score (nSPS) is 24.6. The number of aromatic nitrogens is 1. The van der Waals surface area contributed by atoms with E-state index in [9.17, 15) is 18.0 Å². The number of ether oxygens (including phenoxy) is 2. The van der Waals surface area contributed by atoms with Crippen molar-refractivity contribution in [2.45, 2.75) is 73.7 Å². The Kier molecular flexibility index (Phi) is 7.09. The Hall–Kier alpha value is -2.98. The van der Waals surface area contributed by atoms with E-state index >= 15 is 0 Å². The van der Waals surface area contributed by atoms with E-state index in [0.29, 0.717) is 34.1 Å². The summed E-state index contributed by atoms with van der Waals surface area (Å²) in [5.41, 5.74) is 1.57. The minimum Gasteiger partial charge on any atom is -0.478 e. The maximum absolute atomic E-state index is 13.1. The van der Waals surface area contributed by atoms with Crippen molar-refractivity contribution in [1.29, 1.82) is 0 Å². The van der Waals surface area contributed by atoms with Crippen LogP contribution in [-0.2, 0) is 11.3 Å². The zero-order chi connectivity index (χ0) is 27.1. The van der Waals surface area contributed by atoms with Crippen LogP contribution in [0, 0.1) is 11.8 Å². The molecule has 0 radical (unpaired) electrons. The highest BCUT2D eigenvalue weighted by Crippen LogP contribution is 2.51. The summed E-state index contributed by atoms with van der Waals surface area (Å²) in [6.45, 7) is 0.226. The molecule has 0 aliphatic heterocycles. The fourth-order valence-corrected chi connectivity index (χ4v) is 7.48. The lowest BCUT2D eigenvalue weighted by molar-refractivity contribution is -0.274. The molecule has 3 aromatic rings. The number of hydrogen-bond donors (Lipinski definition) is 1. The maximum Gasteiger partial charge on any atom is 0.573 e. The minimum atomic E-state index is -4.82. The molecule has 2 unspecified atom stereocenters. The number of benzene rings is 2. The molecule has 3 saturated carbocycles. The summed E-state index contributed by atoms with van der Waals surface area (Å²) < 4.78 is 55.5. The van der Waals surface area contributed by atoms with Crippen molar-refractivity contribution in [2.24, 2.45) is 11.8 Å². The quantitative estimate of drug-likeness (QED) is 0.288. The number of aromatic carboxylic acids is 1. The lowest BCUT2D eigenvalue weighted by Crippen LogP contribution is -2.32. The first kappa shape index (κ1) is 26.3. The molecule has 39 heavy (non-hydrogen) atoms. The van der Waals surface area contributed by atoms with Gasteiger partial charge in [-0.15, -0.1) is 24.9 Å². The van der Waals surface area contributed by atoms with Gasteiger partial charge < -0.3 is 19.1 Å². The first-order valence-electron chi connectivity index (χ1n) is 13.2. The van der Waals surface area contributed by atoms with Gasteiger partial charge in [-0.25, -0.2) is 4.79 Å². The Morgan fingerprint density at radius 2 is 1.72 bits per heavy atom. The van der Waals surface area contributed by atoms with Crippen molar-refractivity contribution >= 4 is 17.7 Å². The number of hydrogen-bond acceptors (Lipinski definition) is 6. The second-order valence-electron chi connectivity index (χ2n) is 10.6. The van der Waals surface area contributed by atoms with E-state index in [4.69, 9.17) is 14.4 Å². The molecule has 2 bridgehead atoms. The van der Waals surface area contributed by atoms with Gasteiger partial charge in [-0.05, 0) is 86.8 Å². The van der Waals surface area contributed by atoms with Gasteiger partial charge in [0.05, 0.1) is 18.3 Å². The number of para-hydroxylation sites is 1. The average Bonchev–Trinajstić information content (AvgIpc) is 3.61. The fraction of sp³-hybridized carbons (Fsp3) is 0.448. The Morgan fingerprint density at radius 1 is 1.03 bits per heavy atom. The third kappa shape index (κ3) is 5.82. The predicted octanol–water partition coefficient (Wildman–Crippen LogP) is 7.68. The number of carbonyl (C=O) groups is 1. The lowest BCUT2D eigenvalue weighted by atomic mass is 9.86. The van der Waals surface area contributed by atoms with Crippen molar-refractivity contribution in [3.63, 3.8) is 0 Å². The van der Waals surface area contributed by atoms with Gasteiger partial charge in [0.25, 0.3) is 0 Å². The van der Waals surface area contributed by atoms with Crippen LogP contribution in [0.3, 0.4) is 0 Å². The molecular formula is C29H28F3NO5S. The Bertz CT molecular complexity index is 1320. The van der Waals surface area contributed by atoms with Crippen LogP contribution in [0.2, 0.25) is 0 Å². The Balaban J connectivity index is 1.15. The smallest absolute Gasteiger partial charge is 0.478 e.